The fourth-order valence-electron chi connectivity index (χ4n) is 4.33. The van der Waals surface area contributed by atoms with E-state index in [1.165, 1.54) is 6.42 Å². The number of pyridine rings is 1. The lowest BCUT2D eigenvalue weighted by Gasteiger charge is -2.52. The molecule has 4 rings (SSSR count). The zero-order valence-corrected chi connectivity index (χ0v) is 15.1. The van der Waals surface area contributed by atoms with Crippen molar-refractivity contribution in [1.29, 1.82) is 0 Å². The summed E-state index contributed by atoms with van der Waals surface area (Å²) in [6.07, 6.45) is 4.90. The van der Waals surface area contributed by atoms with E-state index in [2.05, 4.69) is 51.1 Å². The fourth-order valence-corrected chi connectivity index (χ4v) is 4.33. The Labute approximate surface area is 149 Å². The lowest BCUT2D eigenvalue weighted by atomic mass is 9.84. The van der Waals surface area contributed by atoms with Crippen molar-refractivity contribution < 1.29 is 4.74 Å². The first-order chi connectivity index (χ1) is 12.1. The minimum Gasteiger partial charge on any atom is -0.376 e. The van der Waals surface area contributed by atoms with Crippen LogP contribution in [0.2, 0.25) is 0 Å². The summed E-state index contributed by atoms with van der Waals surface area (Å²) in [5.74, 6) is 0.622. The van der Waals surface area contributed by atoms with E-state index >= 15 is 0 Å². The number of aromatic amines is 1. The van der Waals surface area contributed by atoms with Crippen LogP contribution in [0, 0.1) is 12.8 Å². The van der Waals surface area contributed by atoms with Crippen LogP contribution >= 0.6 is 0 Å². The zero-order valence-electron chi connectivity index (χ0n) is 15.1. The van der Waals surface area contributed by atoms with Gasteiger partial charge in [-0.1, -0.05) is 6.07 Å². The number of H-pyrrole nitrogens is 1. The summed E-state index contributed by atoms with van der Waals surface area (Å²) in [4.78, 5) is 9.17. The Morgan fingerprint density at radius 3 is 3.00 bits per heavy atom. The molecule has 6 nitrogen and oxygen atoms in total. The van der Waals surface area contributed by atoms with Crippen LogP contribution in [0.15, 0.2) is 30.6 Å². The van der Waals surface area contributed by atoms with Gasteiger partial charge in [0.15, 0.2) is 0 Å². The first kappa shape index (κ1) is 16.7. The van der Waals surface area contributed by atoms with Gasteiger partial charge in [0.2, 0.25) is 0 Å². The molecule has 134 valence electrons. The second-order valence-electron chi connectivity index (χ2n) is 7.74. The number of likely N-dealkylation sites (tertiary alicyclic amines) is 2. The van der Waals surface area contributed by atoms with E-state index in [1.54, 1.807) is 6.20 Å². The van der Waals surface area contributed by atoms with E-state index in [9.17, 15) is 0 Å². The second kappa shape index (κ2) is 6.86. The molecule has 6 heteroatoms. The predicted octanol–water partition coefficient (Wildman–Crippen LogP) is 1.84. The van der Waals surface area contributed by atoms with Crippen molar-refractivity contribution in [2.45, 2.75) is 32.0 Å². The van der Waals surface area contributed by atoms with Gasteiger partial charge in [-0.2, -0.15) is 5.10 Å². The van der Waals surface area contributed by atoms with Crippen LogP contribution in [0.3, 0.4) is 0 Å². The normalized spacial score (nSPS) is 23.2. The molecule has 0 radical (unpaired) electrons. The number of ether oxygens (including phenoxy) is 1. The highest BCUT2D eigenvalue weighted by atomic mass is 16.5. The van der Waals surface area contributed by atoms with Gasteiger partial charge in [-0.15, -0.1) is 0 Å². The van der Waals surface area contributed by atoms with Gasteiger partial charge in [-0.25, -0.2) is 0 Å². The Morgan fingerprint density at radius 2 is 2.28 bits per heavy atom. The monoisotopic (exact) mass is 341 g/mol. The molecule has 25 heavy (non-hydrogen) atoms. The van der Waals surface area contributed by atoms with Crippen LogP contribution in [0.5, 0.6) is 0 Å². The molecule has 2 aromatic rings. The third-order valence-corrected chi connectivity index (χ3v) is 5.54. The standard InChI is InChI=1S/C19H27N5O/c1-15-6-18(22-21-15)10-24-13-19(14-24)7-17(9-23(19)2)12-25-11-16-4-3-5-20-8-16/h3-6,8,17H,7,9-14H2,1-2H3,(H,21,22)/t17-/m0/s1. The molecule has 2 aromatic heterocycles. The van der Waals surface area contributed by atoms with E-state index in [4.69, 9.17) is 4.74 Å². The van der Waals surface area contributed by atoms with Crippen molar-refractivity contribution in [2.24, 2.45) is 5.92 Å². The molecule has 2 saturated heterocycles. The van der Waals surface area contributed by atoms with Gasteiger partial charge in [-0.05, 0) is 44.0 Å². The maximum atomic E-state index is 5.94. The summed E-state index contributed by atoms with van der Waals surface area (Å²) in [5.41, 5.74) is 3.76. The molecule has 1 spiro atoms. The highest BCUT2D eigenvalue weighted by molar-refractivity contribution is 5.12. The maximum absolute atomic E-state index is 5.94. The quantitative estimate of drug-likeness (QED) is 0.869. The molecule has 0 saturated carbocycles. The highest BCUT2D eigenvalue weighted by Gasteiger charge is 2.51. The van der Waals surface area contributed by atoms with E-state index < -0.39 is 0 Å². The lowest BCUT2D eigenvalue weighted by Crippen LogP contribution is -2.66. The van der Waals surface area contributed by atoms with Crippen molar-refractivity contribution in [3.63, 3.8) is 0 Å². The van der Waals surface area contributed by atoms with E-state index in [-0.39, 0.29) is 0 Å². The van der Waals surface area contributed by atoms with Crippen molar-refractivity contribution >= 4 is 0 Å². The van der Waals surface area contributed by atoms with Gasteiger partial charge in [-0.3, -0.25) is 19.9 Å². The molecule has 1 atom stereocenters. The summed E-state index contributed by atoms with van der Waals surface area (Å²) >= 11 is 0. The Morgan fingerprint density at radius 1 is 1.40 bits per heavy atom. The van der Waals surface area contributed by atoms with Crippen molar-refractivity contribution in [3.8, 4) is 0 Å². The minimum absolute atomic E-state index is 0.341. The number of hydrogen-bond donors (Lipinski definition) is 1. The summed E-state index contributed by atoms with van der Waals surface area (Å²) in [6, 6.07) is 6.16. The third-order valence-electron chi connectivity index (χ3n) is 5.54. The Hall–Kier alpha value is -1.76. The molecule has 1 N–H and O–H groups in total. The molecule has 4 heterocycles. The van der Waals surface area contributed by atoms with Crippen LogP contribution in [0.25, 0.3) is 0 Å². The van der Waals surface area contributed by atoms with Crippen LogP contribution in [-0.2, 0) is 17.9 Å². The Bertz CT molecular complexity index is 695. The summed E-state index contributed by atoms with van der Waals surface area (Å²) in [5, 5.41) is 7.38. The number of hydrogen-bond acceptors (Lipinski definition) is 5. The van der Waals surface area contributed by atoms with Gasteiger partial charge in [0.05, 0.1) is 18.9 Å². The van der Waals surface area contributed by atoms with Crippen LogP contribution < -0.4 is 0 Å². The van der Waals surface area contributed by atoms with Gasteiger partial charge in [0.25, 0.3) is 0 Å². The summed E-state index contributed by atoms with van der Waals surface area (Å²) in [7, 11) is 2.26. The Kier molecular flexibility index (Phi) is 4.58. The third kappa shape index (κ3) is 3.61. The number of likely N-dealkylation sites (N-methyl/N-ethyl adjacent to an activating group) is 1. The minimum atomic E-state index is 0.341. The van der Waals surface area contributed by atoms with Crippen molar-refractivity contribution in [3.05, 3.63) is 47.5 Å². The summed E-state index contributed by atoms with van der Waals surface area (Å²) in [6.45, 7) is 7.88. The van der Waals surface area contributed by atoms with E-state index in [0.29, 0.717) is 18.1 Å². The average molecular weight is 341 g/mol. The van der Waals surface area contributed by atoms with Gasteiger partial charge >= 0.3 is 0 Å². The molecule has 0 amide bonds. The molecular weight excluding hydrogens is 314 g/mol. The molecule has 2 fully saturated rings. The highest BCUT2D eigenvalue weighted by Crippen LogP contribution is 2.39. The zero-order chi connectivity index (χ0) is 17.3. The van der Waals surface area contributed by atoms with Gasteiger partial charge in [0.1, 0.15) is 0 Å². The summed E-state index contributed by atoms with van der Waals surface area (Å²) < 4.78 is 5.94. The number of nitrogens with one attached hydrogen (secondary N) is 1. The second-order valence-corrected chi connectivity index (χ2v) is 7.74. The fraction of sp³-hybridized carbons (Fsp3) is 0.579. The van der Waals surface area contributed by atoms with Gasteiger partial charge in [0, 0.05) is 49.8 Å². The number of nitrogens with zero attached hydrogens (tertiary/aromatic N) is 4. The van der Waals surface area contributed by atoms with Gasteiger partial charge < -0.3 is 4.74 Å². The first-order valence-corrected chi connectivity index (χ1v) is 9.04. The smallest absolute Gasteiger partial charge is 0.0765 e. The van der Waals surface area contributed by atoms with Crippen LogP contribution in [0.1, 0.15) is 23.4 Å². The average Bonchev–Trinajstić information content (AvgIpc) is 3.12. The molecule has 0 unspecified atom stereocenters. The molecule has 2 aliphatic heterocycles. The predicted molar refractivity (Wildman–Crippen MR) is 96.0 cm³/mol. The topological polar surface area (TPSA) is 57.3 Å². The molecule has 0 bridgehead atoms. The van der Waals surface area contributed by atoms with Crippen molar-refractivity contribution in [1.82, 2.24) is 25.0 Å². The SMILES string of the molecule is Cc1cc(CN2CC3(C[C@H](COCc4cccnc4)CN3C)C2)n[nH]1. The lowest BCUT2D eigenvalue weighted by molar-refractivity contribution is -0.0233. The largest absolute Gasteiger partial charge is 0.376 e. The number of aryl methyl sites for hydroxylation is 1. The van der Waals surface area contributed by atoms with E-state index in [0.717, 1.165) is 49.7 Å². The van der Waals surface area contributed by atoms with E-state index in [1.807, 2.05) is 12.3 Å². The molecule has 0 aliphatic carbocycles. The first-order valence-electron chi connectivity index (χ1n) is 9.04. The molecule has 2 aliphatic rings. The number of aromatic nitrogens is 3. The maximum Gasteiger partial charge on any atom is 0.0765 e. The Balaban J connectivity index is 1.23. The van der Waals surface area contributed by atoms with Crippen LogP contribution in [-0.4, -0.2) is 63.8 Å². The molecular formula is C19H27N5O. The van der Waals surface area contributed by atoms with Crippen LogP contribution in [0.4, 0.5) is 0 Å². The molecule has 0 aromatic carbocycles. The number of rotatable bonds is 6. The van der Waals surface area contributed by atoms with Crippen molar-refractivity contribution in [2.75, 3.05) is 33.3 Å².